The highest BCUT2D eigenvalue weighted by atomic mass is 16.3. The zero-order valence-corrected chi connectivity index (χ0v) is 12.4. The van der Waals surface area contributed by atoms with Gasteiger partial charge in [-0.2, -0.15) is 0 Å². The molecule has 1 nitrogen and oxygen atoms in total. The lowest BCUT2D eigenvalue weighted by atomic mass is 9.87. The van der Waals surface area contributed by atoms with Crippen LogP contribution in [0.2, 0.25) is 0 Å². The van der Waals surface area contributed by atoms with Crippen LogP contribution in [0.4, 0.5) is 0 Å². The minimum atomic E-state index is 0.596. The fourth-order valence-electron chi connectivity index (χ4n) is 3.18. The molecule has 0 fully saturated rings. The third-order valence-corrected chi connectivity index (χ3v) is 4.58. The maximum atomic E-state index is 6.22. The van der Waals surface area contributed by atoms with Crippen molar-refractivity contribution in [1.29, 1.82) is 0 Å². The van der Waals surface area contributed by atoms with Crippen LogP contribution in [0.1, 0.15) is 25.2 Å². The van der Waals surface area contributed by atoms with Gasteiger partial charge in [-0.25, -0.2) is 0 Å². The van der Waals surface area contributed by atoms with E-state index >= 15 is 0 Å². The van der Waals surface area contributed by atoms with E-state index in [2.05, 4.69) is 62.4 Å². The largest absolute Gasteiger partial charge is 0.456 e. The van der Waals surface area contributed by atoms with Crippen molar-refractivity contribution in [2.24, 2.45) is 5.92 Å². The number of hydrogen-bond acceptors (Lipinski definition) is 1. The average molecular weight is 274 g/mol. The normalized spacial score (nSPS) is 17.6. The molecular formula is C20H18O. The van der Waals surface area contributed by atoms with Crippen LogP contribution in [-0.2, 0) is 6.42 Å². The second kappa shape index (κ2) is 4.63. The zero-order valence-electron chi connectivity index (χ0n) is 12.4. The highest BCUT2D eigenvalue weighted by Gasteiger charge is 2.22. The first-order valence-electron chi connectivity index (χ1n) is 7.52. The standard InChI is InChI=1S/C20H18O/c1-13-11-18-17-10-6-9-16(15-7-4-3-5-8-15)20(17)21-19(18)12-14(13)2/h3-10,12-13H,11H2,1-2H3. The van der Waals surface area contributed by atoms with Gasteiger partial charge in [0, 0.05) is 16.5 Å². The highest BCUT2D eigenvalue weighted by Crippen LogP contribution is 2.39. The summed E-state index contributed by atoms with van der Waals surface area (Å²) >= 11 is 0. The summed E-state index contributed by atoms with van der Waals surface area (Å²) < 4.78 is 6.22. The van der Waals surface area contributed by atoms with E-state index in [1.165, 1.54) is 27.6 Å². The van der Waals surface area contributed by atoms with Gasteiger partial charge in [0.15, 0.2) is 0 Å². The molecule has 0 saturated carbocycles. The fourth-order valence-corrected chi connectivity index (χ4v) is 3.18. The molecule has 1 unspecified atom stereocenters. The number of allylic oxidation sites excluding steroid dienone is 1. The Labute approximate surface area is 124 Å². The van der Waals surface area contributed by atoms with E-state index in [4.69, 9.17) is 4.42 Å². The van der Waals surface area contributed by atoms with E-state index < -0.39 is 0 Å². The van der Waals surface area contributed by atoms with E-state index in [1.54, 1.807) is 0 Å². The van der Waals surface area contributed by atoms with Crippen molar-refractivity contribution >= 4 is 17.0 Å². The van der Waals surface area contributed by atoms with E-state index in [0.29, 0.717) is 5.92 Å². The third kappa shape index (κ3) is 1.92. The first-order valence-corrected chi connectivity index (χ1v) is 7.52. The number of para-hydroxylation sites is 1. The van der Waals surface area contributed by atoms with Crippen molar-refractivity contribution in [3.05, 3.63) is 65.4 Å². The van der Waals surface area contributed by atoms with Crippen LogP contribution in [-0.4, -0.2) is 0 Å². The summed E-state index contributed by atoms with van der Waals surface area (Å²) in [5.74, 6) is 1.64. The topological polar surface area (TPSA) is 13.1 Å². The van der Waals surface area contributed by atoms with Gasteiger partial charge in [0.2, 0.25) is 0 Å². The summed E-state index contributed by atoms with van der Waals surface area (Å²) in [6.07, 6.45) is 3.28. The Morgan fingerprint density at radius 3 is 2.62 bits per heavy atom. The Hall–Kier alpha value is -2.28. The van der Waals surface area contributed by atoms with E-state index in [-0.39, 0.29) is 0 Å². The van der Waals surface area contributed by atoms with Gasteiger partial charge < -0.3 is 4.42 Å². The van der Waals surface area contributed by atoms with Gasteiger partial charge in [-0.3, -0.25) is 0 Å². The molecular weight excluding hydrogens is 256 g/mol. The number of rotatable bonds is 1. The van der Waals surface area contributed by atoms with Gasteiger partial charge in [0.05, 0.1) is 0 Å². The van der Waals surface area contributed by atoms with E-state index in [1.807, 2.05) is 6.07 Å². The van der Waals surface area contributed by atoms with Crippen LogP contribution < -0.4 is 0 Å². The number of furan rings is 1. The maximum absolute atomic E-state index is 6.22. The molecule has 1 aliphatic rings. The molecule has 0 N–H and O–H groups in total. The molecule has 1 atom stereocenters. The SMILES string of the molecule is CC1=Cc2oc3c(-c4ccccc4)cccc3c2CC1C. The molecule has 0 saturated heterocycles. The second-order valence-electron chi connectivity index (χ2n) is 5.99. The van der Waals surface area contributed by atoms with Crippen molar-refractivity contribution < 1.29 is 4.42 Å². The highest BCUT2D eigenvalue weighted by molar-refractivity contribution is 5.96. The quantitative estimate of drug-likeness (QED) is 0.555. The van der Waals surface area contributed by atoms with Gasteiger partial charge in [0.25, 0.3) is 0 Å². The Balaban J connectivity index is 1.99. The van der Waals surface area contributed by atoms with Gasteiger partial charge in [0.1, 0.15) is 11.3 Å². The molecule has 1 aromatic heterocycles. The Morgan fingerprint density at radius 2 is 1.81 bits per heavy atom. The molecule has 1 aliphatic carbocycles. The minimum Gasteiger partial charge on any atom is -0.456 e. The van der Waals surface area contributed by atoms with Gasteiger partial charge >= 0.3 is 0 Å². The number of benzene rings is 2. The van der Waals surface area contributed by atoms with Crippen LogP contribution in [0.25, 0.3) is 28.2 Å². The molecule has 21 heavy (non-hydrogen) atoms. The van der Waals surface area contributed by atoms with E-state index in [9.17, 15) is 0 Å². The van der Waals surface area contributed by atoms with Gasteiger partial charge in [-0.05, 0) is 30.9 Å². The molecule has 2 aromatic carbocycles. The third-order valence-electron chi connectivity index (χ3n) is 4.58. The monoisotopic (exact) mass is 274 g/mol. The Bertz CT molecular complexity index is 837. The molecule has 0 amide bonds. The second-order valence-corrected chi connectivity index (χ2v) is 5.99. The average Bonchev–Trinajstić information content (AvgIpc) is 2.86. The summed E-state index contributed by atoms with van der Waals surface area (Å²) in [5.41, 5.74) is 6.18. The van der Waals surface area contributed by atoms with Crippen molar-refractivity contribution in [2.75, 3.05) is 0 Å². The zero-order chi connectivity index (χ0) is 14.4. The molecule has 4 rings (SSSR count). The van der Waals surface area contributed by atoms with Crippen LogP contribution in [0.15, 0.2) is 58.5 Å². The molecule has 0 radical (unpaired) electrons. The lowest BCUT2D eigenvalue weighted by Gasteiger charge is -2.16. The Morgan fingerprint density at radius 1 is 1.00 bits per heavy atom. The van der Waals surface area contributed by atoms with Crippen LogP contribution in [0, 0.1) is 5.92 Å². The molecule has 0 spiro atoms. The molecule has 3 aromatic rings. The van der Waals surface area contributed by atoms with Crippen LogP contribution in [0.5, 0.6) is 0 Å². The predicted molar refractivity (Wildman–Crippen MR) is 88.2 cm³/mol. The summed E-state index contributed by atoms with van der Waals surface area (Å²) in [4.78, 5) is 0. The van der Waals surface area contributed by atoms with Crippen molar-refractivity contribution in [2.45, 2.75) is 20.3 Å². The van der Waals surface area contributed by atoms with Crippen LogP contribution in [0.3, 0.4) is 0 Å². The summed E-state index contributed by atoms with van der Waals surface area (Å²) in [6, 6.07) is 16.9. The number of fused-ring (bicyclic) bond motifs is 3. The van der Waals surface area contributed by atoms with Gasteiger partial charge in [-0.1, -0.05) is 61.0 Å². The van der Waals surface area contributed by atoms with Crippen molar-refractivity contribution in [3.63, 3.8) is 0 Å². The smallest absolute Gasteiger partial charge is 0.142 e. The predicted octanol–water partition coefficient (Wildman–Crippen LogP) is 5.70. The summed E-state index contributed by atoms with van der Waals surface area (Å²) in [5, 5.41) is 1.27. The first-order chi connectivity index (χ1) is 10.2. The molecule has 104 valence electrons. The summed E-state index contributed by atoms with van der Waals surface area (Å²) in [6.45, 7) is 4.48. The number of hydrogen-bond donors (Lipinski definition) is 0. The van der Waals surface area contributed by atoms with Crippen LogP contribution >= 0.6 is 0 Å². The van der Waals surface area contributed by atoms with Gasteiger partial charge in [-0.15, -0.1) is 0 Å². The fraction of sp³-hybridized carbons (Fsp3) is 0.200. The maximum Gasteiger partial charge on any atom is 0.142 e. The summed E-state index contributed by atoms with van der Waals surface area (Å²) in [7, 11) is 0. The first kappa shape index (κ1) is 12.5. The molecule has 0 aliphatic heterocycles. The lowest BCUT2D eigenvalue weighted by molar-refractivity contribution is 0.576. The Kier molecular flexibility index (Phi) is 2.75. The molecule has 1 heterocycles. The van der Waals surface area contributed by atoms with E-state index in [0.717, 1.165) is 17.8 Å². The molecule has 0 bridgehead atoms. The molecule has 1 heteroatoms. The minimum absolute atomic E-state index is 0.596. The van der Waals surface area contributed by atoms with Crippen molar-refractivity contribution in [1.82, 2.24) is 0 Å². The lowest BCUT2D eigenvalue weighted by Crippen LogP contribution is -2.06. The van der Waals surface area contributed by atoms with Crippen molar-refractivity contribution in [3.8, 4) is 11.1 Å².